The van der Waals surface area contributed by atoms with Crippen LogP contribution in [0, 0.1) is 0 Å². The minimum atomic E-state index is -0.460. The molecule has 214 valence electrons. The van der Waals surface area contributed by atoms with Crippen molar-refractivity contribution >= 4 is 21.5 Å². The number of hydrogen-bond donors (Lipinski definition) is 0. The van der Waals surface area contributed by atoms with Gasteiger partial charge in [-0.3, -0.25) is 0 Å². The lowest BCUT2D eigenvalue weighted by molar-refractivity contribution is 0.487. The standard InChI is InChI=1S/C45H28O/c1-2-13-32(14-3-1)45(39-18-8-6-16-36(39)37-28-23-29-11-4-5-15-35(29)44(37)45)33-25-21-30(22-26-33)34-27-24-31-12-10-20-41-42(31)43(34)38-17-7-9-19-40(38)46-41/h1-28H. The van der Waals surface area contributed by atoms with E-state index in [-0.39, 0.29) is 0 Å². The molecular weight excluding hydrogens is 556 g/mol. The average molecular weight is 585 g/mol. The Balaban J connectivity index is 1.25. The van der Waals surface area contributed by atoms with E-state index in [1.54, 1.807) is 0 Å². The first-order chi connectivity index (χ1) is 22.8. The monoisotopic (exact) mass is 584 g/mol. The van der Waals surface area contributed by atoms with Gasteiger partial charge in [0.25, 0.3) is 0 Å². The second-order valence-corrected chi connectivity index (χ2v) is 12.4. The van der Waals surface area contributed by atoms with E-state index in [1.807, 2.05) is 6.07 Å². The Bertz CT molecular complexity index is 2490. The molecule has 1 heterocycles. The van der Waals surface area contributed by atoms with Gasteiger partial charge in [-0.2, -0.15) is 0 Å². The number of fused-ring (bicyclic) bond motifs is 7. The molecule has 0 fully saturated rings. The lowest BCUT2D eigenvalue weighted by Crippen LogP contribution is -2.28. The Morgan fingerprint density at radius 3 is 1.93 bits per heavy atom. The van der Waals surface area contributed by atoms with Gasteiger partial charge in [0.15, 0.2) is 0 Å². The van der Waals surface area contributed by atoms with Crippen molar-refractivity contribution in [1.29, 1.82) is 0 Å². The highest BCUT2D eigenvalue weighted by Crippen LogP contribution is 2.58. The Morgan fingerprint density at radius 2 is 1.04 bits per heavy atom. The van der Waals surface area contributed by atoms with Crippen LogP contribution in [0.5, 0.6) is 11.5 Å². The third-order valence-corrected chi connectivity index (χ3v) is 10.1. The molecule has 8 aromatic rings. The van der Waals surface area contributed by atoms with Crippen molar-refractivity contribution < 1.29 is 4.74 Å². The van der Waals surface area contributed by atoms with E-state index in [0.717, 1.165) is 17.1 Å². The Hall–Kier alpha value is -5.92. The van der Waals surface area contributed by atoms with Crippen LogP contribution in [-0.2, 0) is 5.41 Å². The summed E-state index contributed by atoms with van der Waals surface area (Å²) in [6.45, 7) is 0. The number of hydrogen-bond acceptors (Lipinski definition) is 1. The fourth-order valence-electron chi connectivity index (χ4n) is 8.27. The summed E-state index contributed by atoms with van der Waals surface area (Å²) in [5.41, 5.74) is 12.2. The molecule has 0 N–H and O–H groups in total. The first-order valence-corrected chi connectivity index (χ1v) is 15.9. The molecule has 0 radical (unpaired) electrons. The summed E-state index contributed by atoms with van der Waals surface area (Å²) in [4.78, 5) is 0. The topological polar surface area (TPSA) is 9.23 Å². The zero-order valence-corrected chi connectivity index (χ0v) is 25.1. The molecule has 1 heteroatoms. The second-order valence-electron chi connectivity index (χ2n) is 12.4. The van der Waals surface area contributed by atoms with Crippen LogP contribution in [0.2, 0.25) is 0 Å². The number of ether oxygens (including phenoxy) is 1. The maximum Gasteiger partial charge on any atom is 0.135 e. The van der Waals surface area contributed by atoms with E-state index in [1.165, 1.54) is 71.6 Å². The first-order valence-electron chi connectivity index (χ1n) is 15.9. The van der Waals surface area contributed by atoms with E-state index >= 15 is 0 Å². The van der Waals surface area contributed by atoms with Gasteiger partial charge in [-0.25, -0.2) is 0 Å². The molecule has 1 unspecified atom stereocenters. The fourth-order valence-corrected chi connectivity index (χ4v) is 8.27. The van der Waals surface area contributed by atoms with Crippen LogP contribution in [0.4, 0.5) is 0 Å². The van der Waals surface area contributed by atoms with E-state index < -0.39 is 5.41 Å². The van der Waals surface area contributed by atoms with Gasteiger partial charge in [0.05, 0.1) is 5.41 Å². The third kappa shape index (κ3) is 3.35. The van der Waals surface area contributed by atoms with E-state index in [0.29, 0.717) is 0 Å². The molecule has 10 rings (SSSR count). The first kappa shape index (κ1) is 25.4. The van der Waals surface area contributed by atoms with Crippen molar-refractivity contribution in [2.24, 2.45) is 0 Å². The van der Waals surface area contributed by atoms with E-state index in [4.69, 9.17) is 4.74 Å². The van der Waals surface area contributed by atoms with Crippen LogP contribution in [-0.4, -0.2) is 0 Å². The van der Waals surface area contributed by atoms with Crippen molar-refractivity contribution in [2.45, 2.75) is 5.41 Å². The predicted octanol–water partition coefficient (Wildman–Crippen LogP) is 11.8. The lowest BCUT2D eigenvalue weighted by Gasteiger charge is -2.35. The zero-order valence-electron chi connectivity index (χ0n) is 25.1. The molecule has 0 saturated carbocycles. The normalized spacial score (nSPS) is 15.7. The molecular formula is C45H28O. The van der Waals surface area contributed by atoms with Gasteiger partial charge in [0, 0.05) is 16.5 Å². The molecule has 0 saturated heterocycles. The van der Waals surface area contributed by atoms with Gasteiger partial charge >= 0.3 is 0 Å². The summed E-state index contributed by atoms with van der Waals surface area (Å²) in [6, 6.07) is 62.1. The summed E-state index contributed by atoms with van der Waals surface area (Å²) in [5, 5.41) is 4.93. The van der Waals surface area contributed by atoms with Crippen molar-refractivity contribution in [2.75, 3.05) is 0 Å². The molecule has 1 aliphatic heterocycles. The van der Waals surface area contributed by atoms with Gasteiger partial charge in [0.1, 0.15) is 11.5 Å². The number of para-hydroxylation sites is 1. The van der Waals surface area contributed by atoms with E-state index in [9.17, 15) is 0 Å². The van der Waals surface area contributed by atoms with Gasteiger partial charge in [-0.15, -0.1) is 0 Å². The second kappa shape index (κ2) is 9.54. The molecule has 1 aliphatic carbocycles. The summed E-state index contributed by atoms with van der Waals surface area (Å²) >= 11 is 0. The van der Waals surface area contributed by atoms with Crippen molar-refractivity contribution in [3.8, 4) is 44.9 Å². The molecule has 8 aromatic carbocycles. The Labute approximate surface area is 268 Å². The predicted molar refractivity (Wildman–Crippen MR) is 190 cm³/mol. The van der Waals surface area contributed by atoms with Gasteiger partial charge < -0.3 is 4.74 Å². The van der Waals surface area contributed by atoms with Gasteiger partial charge in [0.2, 0.25) is 0 Å². The van der Waals surface area contributed by atoms with Crippen molar-refractivity contribution in [3.05, 3.63) is 192 Å². The van der Waals surface area contributed by atoms with Gasteiger partial charge in [-0.05, 0) is 72.8 Å². The largest absolute Gasteiger partial charge is 0.456 e. The molecule has 0 bridgehead atoms. The lowest BCUT2D eigenvalue weighted by atomic mass is 9.66. The smallest absolute Gasteiger partial charge is 0.135 e. The van der Waals surface area contributed by atoms with Crippen LogP contribution in [0.25, 0.3) is 54.9 Å². The summed E-state index contributed by atoms with van der Waals surface area (Å²) in [5.74, 6) is 1.82. The van der Waals surface area contributed by atoms with Crippen LogP contribution in [0.3, 0.4) is 0 Å². The third-order valence-electron chi connectivity index (χ3n) is 10.1. The van der Waals surface area contributed by atoms with Crippen molar-refractivity contribution in [1.82, 2.24) is 0 Å². The Kier molecular flexibility index (Phi) is 5.27. The molecule has 0 spiro atoms. The average Bonchev–Trinajstić information content (AvgIpc) is 3.44. The van der Waals surface area contributed by atoms with Crippen LogP contribution in [0.15, 0.2) is 170 Å². The quantitative estimate of drug-likeness (QED) is 0.201. The number of benzene rings is 8. The van der Waals surface area contributed by atoms with Crippen molar-refractivity contribution in [3.63, 3.8) is 0 Å². The Morgan fingerprint density at radius 1 is 0.391 bits per heavy atom. The molecule has 0 amide bonds. The summed E-state index contributed by atoms with van der Waals surface area (Å²) in [6.07, 6.45) is 0. The SMILES string of the molecule is c1ccc(C2(c3ccc(-c4ccc5cccc6c5c4-c4ccccc4O6)cc3)c3ccccc3-c3ccc4ccccc4c32)cc1. The molecule has 2 aliphatic rings. The summed E-state index contributed by atoms with van der Waals surface area (Å²) in [7, 11) is 0. The summed E-state index contributed by atoms with van der Waals surface area (Å²) < 4.78 is 6.39. The maximum absolute atomic E-state index is 6.39. The fraction of sp³-hybridized carbons (Fsp3) is 0.0222. The maximum atomic E-state index is 6.39. The molecule has 1 atom stereocenters. The van der Waals surface area contributed by atoms with Crippen LogP contribution < -0.4 is 4.74 Å². The van der Waals surface area contributed by atoms with Gasteiger partial charge in [-0.1, -0.05) is 158 Å². The number of rotatable bonds is 3. The zero-order chi connectivity index (χ0) is 30.2. The molecule has 0 aromatic heterocycles. The minimum Gasteiger partial charge on any atom is -0.456 e. The highest BCUT2D eigenvalue weighted by atomic mass is 16.5. The molecule has 1 nitrogen and oxygen atoms in total. The highest BCUT2D eigenvalue weighted by molar-refractivity contribution is 6.10. The van der Waals surface area contributed by atoms with E-state index in [2.05, 4.69) is 164 Å². The highest BCUT2D eigenvalue weighted by Gasteiger charge is 2.47. The molecule has 46 heavy (non-hydrogen) atoms. The van der Waals surface area contributed by atoms with Crippen LogP contribution in [0.1, 0.15) is 22.3 Å². The minimum absolute atomic E-state index is 0.460. The van der Waals surface area contributed by atoms with Crippen LogP contribution >= 0.6 is 0 Å².